The van der Waals surface area contributed by atoms with Gasteiger partial charge in [0.05, 0.1) is 18.7 Å². The standard InChI is InChI=1S/C19H18N2O3/c1-3-17(19(23)24-2)21(16-10-5-4-6-11-16)18(22)15-9-7-8-14(12-15)13-20/h4-12,17H,3H2,1-2H3/t17-/m0/s1. The maximum Gasteiger partial charge on any atom is 0.328 e. The van der Waals surface area contributed by atoms with Crippen LogP contribution >= 0.6 is 0 Å². The number of esters is 1. The molecule has 0 saturated carbocycles. The molecule has 0 radical (unpaired) electrons. The highest BCUT2D eigenvalue weighted by atomic mass is 16.5. The minimum absolute atomic E-state index is 0.347. The van der Waals surface area contributed by atoms with E-state index < -0.39 is 12.0 Å². The lowest BCUT2D eigenvalue weighted by atomic mass is 10.1. The molecule has 2 aromatic rings. The number of benzene rings is 2. The predicted molar refractivity (Wildman–Crippen MR) is 90.5 cm³/mol. The molecule has 0 fully saturated rings. The number of carbonyl (C=O) groups is 2. The lowest BCUT2D eigenvalue weighted by Gasteiger charge is -2.29. The van der Waals surface area contributed by atoms with Gasteiger partial charge in [0.15, 0.2) is 0 Å². The first-order valence-corrected chi connectivity index (χ1v) is 7.59. The molecular weight excluding hydrogens is 304 g/mol. The number of anilines is 1. The van der Waals surface area contributed by atoms with Gasteiger partial charge in [-0.1, -0.05) is 31.2 Å². The van der Waals surface area contributed by atoms with E-state index >= 15 is 0 Å². The summed E-state index contributed by atoms with van der Waals surface area (Å²) in [4.78, 5) is 26.6. The second-order valence-corrected chi connectivity index (χ2v) is 5.15. The molecule has 0 bridgehead atoms. The quantitative estimate of drug-likeness (QED) is 0.793. The molecule has 0 aromatic heterocycles. The Morgan fingerprint density at radius 2 is 1.88 bits per heavy atom. The lowest BCUT2D eigenvalue weighted by molar-refractivity contribution is -0.142. The fourth-order valence-electron chi connectivity index (χ4n) is 2.48. The van der Waals surface area contributed by atoms with E-state index in [4.69, 9.17) is 10.00 Å². The van der Waals surface area contributed by atoms with Gasteiger partial charge in [-0.25, -0.2) is 4.79 Å². The van der Waals surface area contributed by atoms with Gasteiger partial charge in [0.25, 0.3) is 5.91 Å². The third kappa shape index (κ3) is 3.61. The second-order valence-electron chi connectivity index (χ2n) is 5.15. The van der Waals surface area contributed by atoms with Crippen LogP contribution in [0.1, 0.15) is 29.3 Å². The van der Waals surface area contributed by atoms with Crippen molar-refractivity contribution >= 4 is 17.6 Å². The van der Waals surface area contributed by atoms with Crippen molar-refractivity contribution in [2.24, 2.45) is 0 Å². The van der Waals surface area contributed by atoms with Crippen LogP contribution < -0.4 is 4.90 Å². The zero-order valence-corrected chi connectivity index (χ0v) is 13.6. The first kappa shape index (κ1) is 17.2. The maximum absolute atomic E-state index is 13.0. The van der Waals surface area contributed by atoms with E-state index in [2.05, 4.69) is 0 Å². The van der Waals surface area contributed by atoms with Gasteiger partial charge in [-0.15, -0.1) is 0 Å². The van der Waals surface area contributed by atoms with Gasteiger partial charge in [-0.2, -0.15) is 5.26 Å². The fourth-order valence-corrected chi connectivity index (χ4v) is 2.48. The fraction of sp³-hybridized carbons (Fsp3) is 0.211. The number of rotatable bonds is 5. The normalized spacial score (nSPS) is 11.2. The largest absolute Gasteiger partial charge is 0.467 e. The number of nitriles is 1. The molecule has 1 amide bonds. The number of ether oxygens (including phenoxy) is 1. The molecule has 5 nitrogen and oxygen atoms in total. The molecule has 5 heteroatoms. The lowest BCUT2D eigenvalue weighted by Crippen LogP contribution is -2.45. The van der Waals surface area contributed by atoms with Crippen molar-refractivity contribution in [1.82, 2.24) is 0 Å². The van der Waals surface area contributed by atoms with Crippen molar-refractivity contribution < 1.29 is 14.3 Å². The van der Waals surface area contributed by atoms with Crippen LogP contribution in [0.3, 0.4) is 0 Å². The van der Waals surface area contributed by atoms with E-state index in [-0.39, 0.29) is 5.91 Å². The molecule has 0 spiro atoms. The zero-order valence-electron chi connectivity index (χ0n) is 13.6. The summed E-state index contributed by atoms with van der Waals surface area (Å²) in [5.74, 6) is -0.832. The molecule has 2 aromatic carbocycles. The first-order valence-electron chi connectivity index (χ1n) is 7.59. The molecule has 0 saturated heterocycles. The van der Waals surface area contributed by atoms with Crippen LogP contribution in [0.25, 0.3) is 0 Å². The Kier molecular flexibility index (Phi) is 5.69. The Bertz CT molecular complexity index is 766. The minimum atomic E-state index is -0.740. The van der Waals surface area contributed by atoms with Gasteiger partial charge < -0.3 is 4.74 Å². The van der Waals surface area contributed by atoms with Gasteiger partial charge in [0.1, 0.15) is 6.04 Å². The molecule has 0 aliphatic carbocycles. The van der Waals surface area contributed by atoms with Crippen molar-refractivity contribution in [3.05, 3.63) is 65.7 Å². The Morgan fingerprint density at radius 1 is 1.17 bits per heavy atom. The van der Waals surface area contributed by atoms with Gasteiger partial charge in [-0.3, -0.25) is 9.69 Å². The van der Waals surface area contributed by atoms with E-state index in [1.807, 2.05) is 19.1 Å². The number of para-hydroxylation sites is 1. The van der Waals surface area contributed by atoms with Crippen LogP contribution in [0.5, 0.6) is 0 Å². The van der Waals surface area contributed by atoms with Gasteiger partial charge in [0, 0.05) is 11.3 Å². The summed E-state index contributed by atoms with van der Waals surface area (Å²) in [6.45, 7) is 1.82. The van der Waals surface area contributed by atoms with Gasteiger partial charge in [0.2, 0.25) is 0 Å². The van der Waals surface area contributed by atoms with Gasteiger partial charge >= 0.3 is 5.97 Å². The minimum Gasteiger partial charge on any atom is -0.467 e. The number of hydrogen-bond acceptors (Lipinski definition) is 4. The molecule has 1 atom stereocenters. The topological polar surface area (TPSA) is 70.4 Å². The number of hydrogen-bond donors (Lipinski definition) is 0. The maximum atomic E-state index is 13.0. The Hall–Kier alpha value is -3.13. The highest BCUT2D eigenvalue weighted by Crippen LogP contribution is 2.22. The Balaban J connectivity index is 2.51. The number of amides is 1. The SMILES string of the molecule is CC[C@@H](C(=O)OC)N(C(=O)c1cccc(C#N)c1)c1ccccc1. The third-order valence-corrected chi connectivity index (χ3v) is 3.66. The molecule has 0 heterocycles. The average Bonchev–Trinajstić information content (AvgIpc) is 2.65. The van der Waals surface area contributed by atoms with E-state index in [0.29, 0.717) is 23.2 Å². The molecule has 2 rings (SSSR count). The molecular formula is C19H18N2O3. The summed E-state index contributed by atoms with van der Waals surface area (Å²) in [7, 11) is 1.30. The summed E-state index contributed by atoms with van der Waals surface area (Å²) >= 11 is 0. The molecule has 0 aliphatic heterocycles. The first-order chi connectivity index (χ1) is 11.6. The van der Waals surface area contributed by atoms with Gasteiger partial charge in [-0.05, 0) is 36.8 Å². The molecule has 122 valence electrons. The number of carbonyl (C=O) groups excluding carboxylic acids is 2. The Morgan fingerprint density at radius 3 is 2.46 bits per heavy atom. The van der Waals surface area contributed by atoms with E-state index in [9.17, 15) is 9.59 Å². The van der Waals surface area contributed by atoms with Crippen LogP contribution in [0, 0.1) is 11.3 Å². The van der Waals surface area contributed by atoms with Crippen molar-refractivity contribution in [2.75, 3.05) is 12.0 Å². The summed E-state index contributed by atoms with van der Waals surface area (Å²) in [6, 6.07) is 16.6. The molecule has 0 unspecified atom stereocenters. The number of nitrogens with zero attached hydrogens (tertiary/aromatic N) is 2. The molecule has 24 heavy (non-hydrogen) atoms. The Labute approximate surface area is 141 Å². The van der Waals surface area contributed by atoms with Crippen LogP contribution in [-0.2, 0) is 9.53 Å². The summed E-state index contributed by atoms with van der Waals surface area (Å²) in [5, 5.41) is 9.03. The smallest absolute Gasteiger partial charge is 0.328 e. The van der Waals surface area contributed by atoms with Crippen LogP contribution in [-0.4, -0.2) is 25.0 Å². The van der Waals surface area contributed by atoms with E-state index in [1.165, 1.54) is 18.1 Å². The van der Waals surface area contributed by atoms with E-state index in [1.54, 1.807) is 42.5 Å². The third-order valence-electron chi connectivity index (χ3n) is 3.66. The molecule has 0 aliphatic rings. The number of methoxy groups -OCH3 is 1. The second kappa shape index (κ2) is 7.93. The highest BCUT2D eigenvalue weighted by Gasteiger charge is 2.31. The van der Waals surface area contributed by atoms with E-state index in [0.717, 1.165) is 0 Å². The van der Waals surface area contributed by atoms with Crippen molar-refractivity contribution in [3.8, 4) is 6.07 Å². The summed E-state index contributed by atoms with van der Waals surface area (Å²) in [5.41, 5.74) is 1.34. The van der Waals surface area contributed by atoms with Crippen LogP contribution in [0.15, 0.2) is 54.6 Å². The van der Waals surface area contributed by atoms with Crippen LogP contribution in [0.2, 0.25) is 0 Å². The average molecular weight is 322 g/mol. The molecule has 0 N–H and O–H groups in total. The van der Waals surface area contributed by atoms with Crippen molar-refractivity contribution in [1.29, 1.82) is 5.26 Å². The summed E-state index contributed by atoms with van der Waals surface area (Å²) in [6.07, 6.45) is 0.408. The summed E-state index contributed by atoms with van der Waals surface area (Å²) < 4.78 is 4.85. The predicted octanol–water partition coefficient (Wildman–Crippen LogP) is 3.16. The monoisotopic (exact) mass is 322 g/mol. The van der Waals surface area contributed by atoms with Crippen LogP contribution in [0.4, 0.5) is 5.69 Å². The zero-order chi connectivity index (χ0) is 17.5. The van der Waals surface area contributed by atoms with Crippen molar-refractivity contribution in [3.63, 3.8) is 0 Å². The highest BCUT2D eigenvalue weighted by molar-refractivity contribution is 6.09. The van der Waals surface area contributed by atoms with Crippen molar-refractivity contribution in [2.45, 2.75) is 19.4 Å².